The van der Waals surface area contributed by atoms with Gasteiger partial charge in [0.2, 0.25) is 0 Å². The van der Waals surface area contributed by atoms with E-state index in [0.29, 0.717) is 5.02 Å². The number of nitrogens with one attached hydrogen (secondary N) is 1. The molecule has 112 valence electrons. The first kappa shape index (κ1) is 16.6. The van der Waals surface area contributed by atoms with Crippen LogP contribution < -0.4 is 5.32 Å². The summed E-state index contributed by atoms with van der Waals surface area (Å²) in [5.41, 5.74) is 1.12. The summed E-state index contributed by atoms with van der Waals surface area (Å²) in [5, 5.41) is 5.77. The third-order valence-electron chi connectivity index (χ3n) is 3.06. The zero-order chi connectivity index (χ0) is 15.2. The van der Waals surface area contributed by atoms with Gasteiger partial charge in [-0.25, -0.2) is 4.98 Å². The first-order valence-electron chi connectivity index (χ1n) is 6.92. The molecule has 1 atom stereocenters. The van der Waals surface area contributed by atoms with Gasteiger partial charge in [0.05, 0.1) is 5.02 Å². The lowest BCUT2D eigenvalue weighted by Gasteiger charge is -2.15. The molecule has 0 radical (unpaired) electrons. The molecule has 1 heterocycles. The zero-order valence-corrected chi connectivity index (χ0v) is 14.4. The number of pyridine rings is 1. The van der Waals surface area contributed by atoms with Crippen LogP contribution in [0.5, 0.6) is 0 Å². The predicted molar refractivity (Wildman–Crippen MR) is 91.5 cm³/mol. The third-order valence-corrected chi connectivity index (χ3v) is 4.55. The molecule has 1 unspecified atom stereocenters. The molecular weight excluding hydrogens is 323 g/mol. The van der Waals surface area contributed by atoms with Crippen molar-refractivity contribution in [2.75, 3.05) is 6.54 Å². The molecule has 1 N–H and O–H groups in total. The minimum Gasteiger partial charge on any atom is -0.310 e. The molecule has 2 rings (SSSR count). The van der Waals surface area contributed by atoms with Gasteiger partial charge in [-0.3, -0.25) is 0 Å². The average Bonchev–Trinajstić information content (AvgIpc) is 2.47. The highest BCUT2D eigenvalue weighted by molar-refractivity contribution is 7.99. The van der Waals surface area contributed by atoms with Crippen LogP contribution in [0.1, 0.15) is 31.9 Å². The maximum absolute atomic E-state index is 6.40. The van der Waals surface area contributed by atoms with Crippen LogP contribution in [0.2, 0.25) is 10.0 Å². The highest BCUT2D eigenvalue weighted by atomic mass is 35.5. The number of nitrogens with zero attached hydrogens (tertiary/aromatic N) is 1. The molecule has 2 aromatic rings. The van der Waals surface area contributed by atoms with Crippen LogP contribution >= 0.6 is 35.0 Å². The molecule has 1 aromatic heterocycles. The van der Waals surface area contributed by atoms with E-state index in [9.17, 15) is 0 Å². The second-order valence-electron chi connectivity index (χ2n) is 4.78. The fraction of sp³-hybridized carbons (Fsp3) is 0.312. The number of rotatable bonds is 6. The molecule has 5 heteroatoms. The molecule has 1 aromatic carbocycles. The highest BCUT2D eigenvalue weighted by Crippen LogP contribution is 2.32. The molecule has 0 amide bonds. The van der Waals surface area contributed by atoms with E-state index in [1.165, 1.54) is 0 Å². The Kier molecular flexibility index (Phi) is 6.37. The molecule has 21 heavy (non-hydrogen) atoms. The van der Waals surface area contributed by atoms with Crippen molar-refractivity contribution in [1.29, 1.82) is 0 Å². The summed E-state index contributed by atoms with van der Waals surface area (Å²) in [7, 11) is 0. The van der Waals surface area contributed by atoms with Crippen molar-refractivity contribution in [3.8, 4) is 0 Å². The topological polar surface area (TPSA) is 24.9 Å². The Morgan fingerprint density at radius 3 is 2.67 bits per heavy atom. The summed E-state index contributed by atoms with van der Waals surface area (Å²) >= 11 is 13.8. The maximum Gasteiger partial charge on any atom is 0.101 e. The lowest BCUT2D eigenvalue weighted by atomic mass is 10.1. The summed E-state index contributed by atoms with van der Waals surface area (Å²) in [5.74, 6) is 0. The lowest BCUT2D eigenvalue weighted by Crippen LogP contribution is -2.19. The van der Waals surface area contributed by atoms with Crippen LogP contribution in [0.25, 0.3) is 0 Å². The van der Waals surface area contributed by atoms with Crippen molar-refractivity contribution >= 4 is 35.0 Å². The Labute approximate surface area is 140 Å². The summed E-state index contributed by atoms with van der Waals surface area (Å²) in [6.07, 6.45) is 2.76. The monoisotopic (exact) mass is 340 g/mol. The van der Waals surface area contributed by atoms with Crippen molar-refractivity contribution in [3.63, 3.8) is 0 Å². The van der Waals surface area contributed by atoms with Gasteiger partial charge in [-0.05, 0) is 49.7 Å². The van der Waals surface area contributed by atoms with Crippen LogP contribution in [0, 0.1) is 0 Å². The Morgan fingerprint density at radius 2 is 2.05 bits per heavy atom. The molecular formula is C16H18Cl2N2S. The normalized spacial score (nSPS) is 12.4. The summed E-state index contributed by atoms with van der Waals surface area (Å²) in [6, 6.07) is 10.1. The van der Waals surface area contributed by atoms with E-state index >= 15 is 0 Å². The number of halogens is 2. The molecule has 0 saturated heterocycles. The second-order valence-corrected chi connectivity index (χ2v) is 6.71. The highest BCUT2D eigenvalue weighted by Gasteiger charge is 2.10. The van der Waals surface area contributed by atoms with Crippen molar-refractivity contribution in [3.05, 3.63) is 52.1 Å². The van der Waals surface area contributed by atoms with Crippen molar-refractivity contribution in [2.24, 2.45) is 0 Å². The van der Waals surface area contributed by atoms with E-state index in [4.69, 9.17) is 23.2 Å². The number of hydrogen-bond acceptors (Lipinski definition) is 3. The minimum atomic E-state index is 0.255. The Bertz CT molecular complexity index is 587. The Balaban J connectivity index is 2.09. The van der Waals surface area contributed by atoms with E-state index in [2.05, 4.69) is 36.3 Å². The minimum absolute atomic E-state index is 0.255. The number of aromatic nitrogens is 1. The summed E-state index contributed by atoms with van der Waals surface area (Å²) in [6.45, 7) is 5.27. The third kappa shape index (κ3) is 4.89. The van der Waals surface area contributed by atoms with E-state index in [1.54, 1.807) is 18.0 Å². The first-order chi connectivity index (χ1) is 10.1. The van der Waals surface area contributed by atoms with Crippen LogP contribution in [-0.4, -0.2) is 11.5 Å². The lowest BCUT2D eigenvalue weighted by molar-refractivity contribution is 0.570. The number of hydrogen-bond donors (Lipinski definition) is 1. The van der Waals surface area contributed by atoms with Crippen LogP contribution in [0.4, 0.5) is 0 Å². The standard InChI is InChI=1S/C16H18Cl2N2S/c1-3-8-19-11(2)14-6-5-13(9-15(14)18)21-16-7-4-12(17)10-20-16/h4-7,9-11,19H,3,8H2,1-2H3. The summed E-state index contributed by atoms with van der Waals surface area (Å²) in [4.78, 5) is 5.35. The molecule has 0 aliphatic rings. The van der Waals surface area contributed by atoms with Gasteiger partial charge in [0.15, 0.2) is 0 Å². The molecule has 2 nitrogen and oxygen atoms in total. The van der Waals surface area contributed by atoms with Crippen LogP contribution in [0.15, 0.2) is 46.5 Å². The quantitative estimate of drug-likeness (QED) is 0.740. The van der Waals surface area contributed by atoms with Gasteiger partial charge in [0.1, 0.15) is 5.03 Å². The first-order valence-corrected chi connectivity index (χ1v) is 8.49. The van der Waals surface area contributed by atoms with Gasteiger partial charge in [-0.15, -0.1) is 0 Å². The van der Waals surface area contributed by atoms with Gasteiger partial charge in [-0.2, -0.15) is 0 Å². The molecule has 0 bridgehead atoms. The van der Waals surface area contributed by atoms with Crippen molar-refractivity contribution < 1.29 is 0 Å². The van der Waals surface area contributed by atoms with Crippen LogP contribution in [0.3, 0.4) is 0 Å². The molecule has 0 aliphatic heterocycles. The van der Waals surface area contributed by atoms with E-state index in [1.807, 2.05) is 18.2 Å². The zero-order valence-electron chi connectivity index (χ0n) is 12.1. The van der Waals surface area contributed by atoms with Crippen molar-refractivity contribution in [1.82, 2.24) is 10.3 Å². The largest absolute Gasteiger partial charge is 0.310 e. The van der Waals surface area contributed by atoms with E-state index in [-0.39, 0.29) is 6.04 Å². The Morgan fingerprint density at radius 1 is 1.24 bits per heavy atom. The molecule has 0 aliphatic carbocycles. The number of benzene rings is 1. The smallest absolute Gasteiger partial charge is 0.101 e. The predicted octanol–water partition coefficient (Wildman–Crippen LogP) is 5.60. The SMILES string of the molecule is CCCNC(C)c1ccc(Sc2ccc(Cl)cn2)cc1Cl. The van der Waals surface area contributed by atoms with Gasteiger partial charge < -0.3 is 5.32 Å². The second kappa shape index (κ2) is 8.04. The summed E-state index contributed by atoms with van der Waals surface area (Å²) < 4.78 is 0. The van der Waals surface area contributed by atoms with Gasteiger partial charge in [-0.1, -0.05) is 48.0 Å². The fourth-order valence-corrected chi connectivity index (χ4v) is 3.25. The fourth-order valence-electron chi connectivity index (χ4n) is 1.94. The van der Waals surface area contributed by atoms with Gasteiger partial charge in [0.25, 0.3) is 0 Å². The maximum atomic E-state index is 6.40. The molecule has 0 spiro atoms. The molecule has 0 fully saturated rings. The van der Waals surface area contributed by atoms with E-state index < -0.39 is 0 Å². The molecule has 0 saturated carbocycles. The van der Waals surface area contributed by atoms with Crippen LogP contribution in [-0.2, 0) is 0 Å². The Hall–Kier alpha value is -0.740. The van der Waals surface area contributed by atoms with Crippen molar-refractivity contribution in [2.45, 2.75) is 36.2 Å². The van der Waals surface area contributed by atoms with Gasteiger partial charge in [0, 0.05) is 22.2 Å². The average molecular weight is 341 g/mol. The van der Waals surface area contributed by atoms with E-state index in [0.717, 1.165) is 33.5 Å². The van der Waals surface area contributed by atoms with Gasteiger partial charge >= 0.3 is 0 Å².